The molecule has 1 aromatic carbocycles. The molecule has 0 saturated carbocycles. The lowest BCUT2D eigenvalue weighted by Crippen LogP contribution is -2.16. The second kappa shape index (κ2) is 5.24. The van der Waals surface area contributed by atoms with E-state index in [0.29, 0.717) is 10.2 Å². The first-order chi connectivity index (χ1) is 8.75. The van der Waals surface area contributed by atoms with Crippen LogP contribution in [0.1, 0.15) is 75.4 Å². The van der Waals surface area contributed by atoms with Crippen molar-refractivity contribution >= 4 is 15.9 Å². The van der Waals surface area contributed by atoms with E-state index in [1.54, 1.807) is 5.56 Å². The molecular formula is C18H27Br. The van der Waals surface area contributed by atoms with Gasteiger partial charge in [-0.2, -0.15) is 0 Å². The summed E-state index contributed by atoms with van der Waals surface area (Å²) in [5.41, 5.74) is 5.28. The molecule has 0 amide bonds. The van der Waals surface area contributed by atoms with Gasteiger partial charge in [0.1, 0.15) is 0 Å². The highest BCUT2D eigenvalue weighted by atomic mass is 79.9. The summed E-state index contributed by atoms with van der Waals surface area (Å²) in [7, 11) is 0. The summed E-state index contributed by atoms with van der Waals surface area (Å²) in [5.74, 6) is 0. The van der Waals surface area contributed by atoms with Crippen LogP contribution in [0.3, 0.4) is 0 Å². The third kappa shape index (κ3) is 3.24. The second-order valence-electron chi connectivity index (χ2n) is 7.49. The lowest BCUT2D eigenvalue weighted by Gasteiger charge is -2.26. The van der Waals surface area contributed by atoms with Crippen molar-refractivity contribution < 1.29 is 0 Å². The van der Waals surface area contributed by atoms with E-state index >= 15 is 0 Å². The molecule has 0 fully saturated rings. The van der Waals surface area contributed by atoms with Crippen LogP contribution in [0.2, 0.25) is 0 Å². The molecule has 0 aromatic heterocycles. The summed E-state index contributed by atoms with van der Waals surface area (Å²) in [6.07, 6.45) is 4.93. The van der Waals surface area contributed by atoms with E-state index in [9.17, 15) is 0 Å². The Hall–Kier alpha value is -0.300. The van der Waals surface area contributed by atoms with E-state index in [-0.39, 0.29) is 5.41 Å². The van der Waals surface area contributed by atoms with Crippen molar-refractivity contribution in [1.29, 1.82) is 0 Å². The predicted octanol–water partition coefficient (Wildman–Crippen LogP) is 6.17. The second-order valence-corrected chi connectivity index (χ2v) is 8.59. The fraction of sp³-hybridized carbons (Fsp3) is 0.667. The number of aryl methyl sites for hydroxylation is 1. The maximum absolute atomic E-state index is 3.94. The summed E-state index contributed by atoms with van der Waals surface area (Å²) in [4.78, 5) is 0.507. The number of fused-ring (bicyclic) bond motifs is 1. The molecule has 0 aliphatic heterocycles. The van der Waals surface area contributed by atoms with Gasteiger partial charge in [0.05, 0.1) is 0 Å². The molecule has 0 nitrogen and oxygen atoms in total. The minimum absolute atomic E-state index is 0.281. The SMILES string of the molecule is CCC(C)(C)c1ccc2c(c1)C(Br)CC(C)(C)CC2. The van der Waals surface area contributed by atoms with Gasteiger partial charge in [0.25, 0.3) is 0 Å². The molecule has 0 bridgehead atoms. The Morgan fingerprint density at radius 2 is 2.00 bits per heavy atom. The van der Waals surface area contributed by atoms with Crippen molar-refractivity contribution in [2.75, 3.05) is 0 Å². The Labute approximate surface area is 127 Å². The summed E-state index contributed by atoms with van der Waals surface area (Å²) >= 11 is 3.94. The Morgan fingerprint density at radius 3 is 2.63 bits per heavy atom. The van der Waals surface area contributed by atoms with E-state index in [2.05, 4.69) is 68.7 Å². The molecule has 0 N–H and O–H groups in total. The molecule has 106 valence electrons. The van der Waals surface area contributed by atoms with E-state index in [1.165, 1.54) is 36.8 Å². The number of halogens is 1. The third-order valence-electron chi connectivity index (χ3n) is 4.95. The van der Waals surface area contributed by atoms with Gasteiger partial charge >= 0.3 is 0 Å². The quantitative estimate of drug-likeness (QED) is 0.451. The molecule has 0 radical (unpaired) electrons. The summed E-state index contributed by atoms with van der Waals surface area (Å²) in [5, 5.41) is 0. The van der Waals surface area contributed by atoms with Gasteiger partial charge < -0.3 is 0 Å². The van der Waals surface area contributed by atoms with Crippen molar-refractivity contribution in [1.82, 2.24) is 0 Å². The number of rotatable bonds is 2. The van der Waals surface area contributed by atoms with Crippen LogP contribution in [0, 0.1) is 5.41 Å². The molecule has 1 aromatic rings. The highest BCUT2D eigenvalue weighted by molar-refractivity contribution is 9.09. The Kier molecular flexibility index (Phi) is 4.16. The smallest absolute Gasteiger partial charge is 0.0403 e. The third-order valence-corrected chi connectivity index (χ3v) is 5.77. The molecule has 0 heterocycles. The fourth-order valence-electron chi connectivity index (χ4n) is 2.91. The molecule has 1 atom stereocenters. The van der Waals surface area contributed by atoms with Crippen LogP contribution in [0.15, 0.2) is 18.2 Å². The molecule has 2 rings (SSSR count). The number of hydrogen-bond donors (Lipinski definition) is 0. The zero-order valence-corrected chi connectivity index (χ0v) is 14.6. The summed E-state index contributed by atoms with van der Waals surface area (Å²) in [6.45, 7) is 11.8. The largest absolute Gasteiger partial charge is 0.0838 e. The van der Waals surface area contributed by atoms with E-state index in [4.69, 9.17) is 0 Å². The fourth-order valence-corrected chi connectivity index (χ4v) is 4.21. The summed E-state index contributed by atoms with van der Waals surface area (Å²) < 4.78 is 0. The highest BCUT2D eigenvalue weighted by Crippen LogP contribution is 2.44. The van der Waals surface area contributed by atoms with Gasteiger partial charge in [0.15, 0.2) is 0 Å². The van der Waals surface area contributed by atoms with Crippen LogP contribution in [0.5, 0.6) is 0 Å². The Bertz CT molecular complexity index is 457. The number of benzene rings is 1. The van der Waals surface area contributed by atoms with Gasteiger partial charge in [-0.15, -0.1) is 0 Å². The van der Waals surface area contributed by atoms with E-state index < -0.39 is 0 Å². The van der Waals surface area contributed by atoms with Gasteiger partial charge in [-0.25, -0.2) is 0 Å². The molecule has 1 heteroatoms. The van der Waals surface area contributed by atoms with Gasteiger partial charge in [-0.05, 0) is 53.2 Å². The molecule has 0 spiro atoms. The van der Waals surface area contributed by atoms with Gasteiger partial charge in [-0.1, -0.05) is 68.7 Å². The van der Waals surface area contributed by atoms with Crippen molar-refractivity contribution in [3.63, 3.8) is 0 Å². The first-order valence-corrected chi connectivity index (χ1v) is 8.44. The van der Waals surface area contributed by atoms with Crippen LogP contribution in [-0.4, -0.2) is 0 Å². The van der Waals surface area contributed by atoms with Crippen LogP contribution in [0.4, 0.5) is 0 Å². The first kappa shape index (κ1) is 15.1. The van der Waals surface area contributed by atoms with Crippen molar-refractivity contribution in [3.05, 3.63) is 34.9 Å². The maximum atomic E-state index is 3.94. The van der Waals surface area contributed by atoms with E-state index in [1.807, 2.05) is 0 Å². The van der Waals surface area contributed by atoms with Gasteiger partial charge in [0, 0.05) is 4.83 Å². The van der Waals surface area contributed by atoms with Crippen molar-refractivity contribution in [3.8, 4) is 0 Å². The molecule has 1 aliphatic rings. The van der Waals surface area contributed by atoms with Gasteiger partial charge in [0.2, 0.25) is 0 Å². The molecular weight excluding hydrogens is 296 g/mol. The molecule has 1 unspecified atom stereocenters. The zero-order valence-electron chi connectivity index (χ0n) is 13.0. The minimum atomic E-state index is 0.281. The van der Waals surface area contributed by atoms with Crippen LogP contribution >= 0.6 is 15.9 Å². The maximum Gasteiger partial charge on any atom is 0.0403 e. The standard InChI is InChI=1S/C18H27Br/c1-6-18(4,5)14-8-7-13-9-10-17(2,3)12-16(19)15(13)11-14/h7-8,11,16H,6,9-10,12H2,1-5H3. The van der Waals surface area contributed by atoms with Crippen LogP contribution < -0.4 is 0 Å². The number of alkyl halides is 1. The molecule has 1 aliphatic carbocycles. The summed E-state index contributed by atoms with van der Waals surface area (Å²) in [6, 6.07) is 7.18. The normalized spacial score (nSPS) is 22.7. The Balaban J connectivity index is 2.41. The Morgan fingerprint density at radius 1 is 1.32 bits per heavy atom. The highest BCUT2D eigenvalue weighted by Gasteiger charge is 2.29. The van der Waals surface area contributed by atoms with Crippen molar-refractivity contribution in [2.24, 2.45) is 5.41 Å². The zero-order chi connectivity index (χ0) is 14.3. The lowest BCUT2D eigenvalue weighted by atomic mass is 9.80. The molecule has 19 heavy (non-hydrogen) atoms. The number of hydrogen-bond acceptors (Lipinski definition) is 0. The average Bonchev–Trinajstić information content (AvgIpc) is 2.46. The molecule has 0 saturated heterocycles. The lowest BCUT2D eigenvalue weighted by molar-refractivity contribution is 0.316. The minimum Gasteiger partial charge on any atom is -0.0838 e. The average molecular weight is 323 g/mol. The topological polar surface area (TPSA) is 0 Å². The monoisotopic (exact) mass is 322 g/mol. The van der Waals surface area contributed by atoms with Crippen molar-refractivity contribution in [2.45, 2.75) is 70.5 Å². The van der Waals surface area contributed by atoms with E-state index in [0.717, 1.165) is 0 Å². The predicted molar refractivity (Wildman–Crippen MR) is 88.1 cm³/mol. The first-order valence-electron chi connectivity index (χ1n) is 7.52. The van der Waals surface area contributed by atoms with Crippen LogP contribution in [-0.2, 0) is 11.8 Å². The van der Waals surface area contributed by atoms with Gasteiger partial charge in [-0.3, -0.25) is 0 Å². The van der Waals surface area contributed by atoms with Crippen LogP contribution in [0.25, 0.3) is 0 Å².